The molecule has 3 aromatic rings. The molecule has 0 aliphatic rings. The lowest BCUT2D eigenvalue weighted by Crippen LogP contribution is -2.29. The standard InChI is InChI=1S/C21H21ClFN5O2/c1-4-24-12(2)21(29)25-10-13-8-14-17(9-18(13)30-3)26-11-27-20(14)28-16-7-5-6-15(22)19(16)23/h5-9,11H,4,10H2,1-3H3,(H,25,29)(H,26,27,28). The molecule has 0 saturated carbocycles. The number of carbonyl (C=O) groups excluding carboxylic acids is 1. The Morgan fingerprint density at radius 2 is 2.10 bits per heavy atom. The van der Waals surface area contributed by atoms with Gasteiger partial charge >= 0.3 is 0 Å². The van der Waals surface area contributed by atoms with Crippen molar-refractivity contribution in [2.75, 3.05) is 19.0 Å². The fraction of sp³-hybridized carbons (Fsp3) is 0.238. The van der Waals surface area contributed by atoms with E-state index < -0.39 is 5.82 Å². The maximum absolute atomic E-state index is 14.3. The molecule has 30 heavy (non-hydrogen) atoms. The number of nitrogens with zero attached hydrogens (tertiary/aromatic N) is 3. The first-order valence-corrected chi connectivity index (χ1v) is 9.64. The van der Waals surface area contributed by atoms with E-state index in [1.54, 1.807) is 31.2 Å². The summed E-state index contributed by atoms with van der Waals surface area (Å²) < 4.78 is 19.8. The van der Waals surface area contributed by atoms with Crippen LogP contribution >= 0.6 is 11.6 Å². The lowest BCUT2D eigenvalue weighted by Gasteiger charge is -2.14. The molecule has 0 atom stereocenters. The molecule has 9 heteroatoms. The lowest BCUT2D eigenvalue weighted by molar-refractivity contribution is -0.115. The predicted molar refractivity (Wildman–Crippen MR) is 116 cm³/mol. The fourth-order valence-corrected chi connectivity index (χ4v) is 3.07. The van der Waals surface area contributed by atoms with Gasteiger partial charge in [-0.2, -0.15) is 0 Å². The summed E-state index contributed by atoms with van der Waals surface area (Å²) in [5.74, 6) is 0.131. The topological polar surface area (TPSA) is 88.5 Å². The molecule has 3 rings (SSSR count). The molecule has 0 bridgehead atoms. The number of ether oxygens (including phenoxy) is 1. The molecule has 0 fully saturated rings. The van der Waals surface area contributed by atoms with Gasteiger partial charge in [-0.25, -0.2) is 14.4 Å². The molecule has 1 heterocycles. The molecular weight excluding hydrogens is 409 g/mol. The van der Waals surface area contributed by atoms with E-state index in [1.807, 2.05) is 6.92 Å². The zero-order chi connectivity index (χ0) is 21.7. The van der Waals surface area contributed by atoms with Crippen molar-refractivity contribution < 1.29 is 13.9 Å². The van der Waals surface area contributed by atoms with E-state index in [4.69, 9.17) is 16.3 Å². The zero-order valence-corrected chi connectivity index (χ0v) is 17.5. The highest BCUT2D eigenvalue weighted by molar-refractivity contribution is 6.37. The lowest BCUT2D eigenvalue weighted by atomic mass is 10.1. The van der Waals surface area contributed by atoms with Crippen LogP contribution in [0.1, 0.15) is 19.4 Å². The number of carbonyl (C=O) groups is 1. The van der Waals surface area contributed by atoms with Gasteiger partial charge in [-0.05, 0) is 32.0 Å². The first-order valence-electron chi connectivity index (χ1n) is 9.26. The number of methoxy groups -OCH3 is 1. The van der Waals surface area contributed by atoms with E-state index in [-0.39, 0.29) is 23.2 Å². The predicted octanol–water partition coefficient (Wildman–Crippen LogP) is 4.27. The molecule has 0 aliphatic heterocycles. The summed E-state index contributed by atoms with van der Waals surface area (Å²) in [6.07, 6.45) is 1.37. The highest BCUT2D eigenvalue weighted by Gasteiger charge is 2.14. The number of amides is 1. The normalized spacial score (nSPS) is 11.4. The molecule has 156 valence electrons. The van der Waals surface area contributed by atoms with Crippen LogP contribution in [-0.4, -0.2) is 35.2 Å². The third kappa shape index (κ3) is 4.65. The molecule has 1 amide bonds. The van der Waals surface area contributed by atoms with Crippen LogP contribution in [-0.2, 0) is 11.3 Å². The third-order valence-corrected chi connectivity index (χ3v) is 4.70. The fourth-order valence-electron chi connectivity index (χ4n) is 2.90. The number of hydrogen-bond donors (Lipinski definition) is 2. The smallest absolute Gasteiger partial charge is 0.265 e. The Bertz CT molecular complexity index is 1120. The SMILES string of the molecule is CCN=C(C)C(=O)NCc1cc2c(Nc3cccc(Cl)c3F)ncnc2cc1OC. The van der Waals surface area contributed by atoms with Crippen molar-refractivity contribution in [3.8, 4) is 5.75 Å². The van der Waals surface area contributed by atoms with Crippen LogP contribution in [0.5, 0.6) is 5.75 Å². The molecular formula is C21H21ClFN5O2. The minimum Gasteiger partial charge on any atom is -0.496 e. The van der Waals surface area contributed by atoms with E-state index in [0.29, 0.717) is 40.3 Å². The van der Waals surface area contributed by atoms with Crippen molar-refractivity contribution in [1.29, 1.82) is 0 Å². The summed E-state index contributed by atoms with van der Waals surface area (Å²) >= 11 is 5.87. The number of halogens is 2. The number of hydrogen-bond acceptors (Lipinski definition) is 6. The first-order chi connectivity index (χ1) is 14.4. The van der Waals surface area contributed by atoms with Gasteiger partial charge in [0, 0.05) is 30.1 Å². The number of aliphatic imine (C=N–C) groups is 1. The van der Waals surface area contributed by atoms with Gasteiger partial charge in [-0.15, -0.1) is 0 Å². The van der Waals surface area contributed by atoms with Crippen LogP contribution in [0.2, 0.25) is 5.02 Å². The second kappa shape index (κ2) is 9.49. The maximum Gasteiger partial charge on any atom is 0.265 e. The van der Waals surface area contributed by atoms with Gasteiger partial charge < -0.3 is 15.4 Å². The van der Waals surface area contributed by atoms with Crippen molar-refractivity contribution in [2.45, 2.75) is 20.4 Å². The van der Waals surface area contributed by atoms with Gasteiger partial charge in [0.25, 0.3) is 5.91 Å². The Kier molecular flexibility index (Phi) is 6.79. The average molecular weight is 430 g/mol. The van der Waals surface area contributed by atoms with Gasteiger partial charge in [0.15, 0.2) is 5.82 Å². The molecule has 0 aliphatic carbocycles. The van der Waals surface area contributed by atoms with Gasteiger partial charge in [0.1, 0.15) is 17.9 Å². The van der Waals surface area contributed by atoms with Gasteiger partial charge in [0.2, 0.25) is 0 Å². The van der Waals surface area contributed by atoms with E-state index in [2.05, 4.69) is 25.6 Å². The van der Waals surface area contributed by atoms with Crippen molar-refractivity contribution in [1.82, 2.24) is 15.3 Å². The third-order valence-electron chi connectivity index (χ3n) is 4.41. The van der Waals surface area contributed by atoms with Crippen molar-refractivity contribution >= 4 is 45.6 Å². The summed E-state index contributed by atoms with van der Waals surface area (Å²) in [6, 6.07) is 8.21. The number of benzene rings is 2. The van der Waals surface area contributed by atoms with Gasteiger partial charge in [0.05, 0.1) is 29.0 Å². The number of aromatic nitrogens is 2. The minimum absolute atomic E-state index is 0.00699. The Labute approximate surface area is 178 Å². The molecule has 2 N–H and O–H groups in total. The van der Waals surface area contributed by atoms with Gasteiger partial charge in [-0.1, -0.05) is 17.7 Å². The summed E-state index contributed by atoms with van der Waals surface area (Å²) in [5, 5.41) is 6.43. The highest BCUT2D eigenvalue weighted by Crippen LogP contribution is 2.31. The summed E-state index contributed by atoms with van der Waals surface area (Å²) in [6.45, 7) is 4.27. The number of anilines is 2. The summed E-state index contributed by atoms with van der Waals surface area (Å²) in [7, 11) is 1.54. The minimum atomic E-state index is -0.572. The Balaban J connectivity index is 1.96. The average Bonchev–Trinajstić information content (AvgIpc) is 2.75. The highest BCUT2D eigenvalue weighted by atomic mass is 35.5. The van der Waals surface area contributed by atoms with Gasteiger partial charge in [-0.3, -0.25) is 9.79 Å². The Hall–Kier alpha value is -3.26. The maximum atomic E-state index is 14.3. The Morgan fingerprint density at radius 1 is 1.30 bits per heavy atom. The first kappa shape index (κ1) is 21.4. The summed E-state index contributed by atoms with van der Waals surface area (Å²) in [4.78, 5) is 24.8. The van der Waals surface area contributed by atoms with E-state index in [0.717, 1.165) is 0 Å². The van der Waals surface area contributed by atoms with Crippen molar-refractivity contribution in [3.05, 3.63) is 53.1 Å². The summed E-state index contributed by atoms with van der Waals surface area (Å²) in [5.41, 5.74) is 1.91. The molecule has 0 unspecified atom stereocenters. The van der Waals surface area contributed by atoms with Crippen LogP contribution in [0.4, 0.5) is 15.9 Å². The zero-order valence-electron chi connectivity index (χ0n) is 16.8. The second-order valence-corrected chi connectivity index (χ2v) is 6.78. The van der Waals surface area contributed by atoms with Crippen LogP contribution in [0.15, 0.2) is 41.7 Å². The second-order valence-electron chi connectivity index (χ2n) is 6.37. The Morgan fingerprint density at radius 3 is 2.83 bits per heavy atom. The number of rotatable bonds is 7. The van der Waals surface area contributed by atoms with Crippen molar-refractivity contribution in [2.24, 2.45) is 4.99 Å². The van der Waals surface area contributed by atoms with Crippen LogP contribution in [0, 0.1) is 5.82 Å². The van der Waals surface area contributed by atoms with E-state index >= 15 is 0 Å². The molecule has 1 aromatic heterocycles. The quantitative estimate of drug-likeness (QED) is 0.547. The van der Waals surface area contributed by atoms with E-state index in [1.165, 1.54) is 19.5 Å². The molecule has 7 nitrogen and oxygen atoms in total. The van der Waals surface area contributed by atoms with Crippen LogP contribution in [0.3, 0.4) is 0 Å². The van der Waals surface area contributed by atoms with Crippen molar-refractivity contribution in [3.63, 3.8) is 0 Å². The number of fused-ring (bicyclic) bond motifs is 1. The largest absolute Gasteiger partial charge is 0.496 e. The van der Waals surface area contributed by atoms with Crippen LogP contribution in [0.25, 0.3) is 10.9 Å². The monoisotopic (exact) mass is 429 g/mol. The number of nitrogens with one attached hydrogen (secondary N) is 2. The van der Waals surface area contributed by atoms with Crippen LogP contribution < -0.4 is 15.4 Å². The molecule has 2 aromatic carbocycles. The molecule has 0 saturated heterocycles. The van der Waals surface area contributed by atoms with E-state index in [9.17, 15) is 9.18 Å². The molecule has 0 spiro atoms. The molecule has 0 radical (unpaired) electrons.